The third-order valence-corrected chi connectivity index (χ3v) is 5.30. The summed E-state index contributed by atoms with van der Waals surface area (Å²) >= 11 is 0. The molecule has 0 saturated carbocycles. The second kappa shape index (κ2) is 8.78. The molecule has 0 aromatic heterocycles. The van der Waals surface area contributed by atoms with E-state index in [4.69, 9.17) is 0 Å². The predicted molar refractivity (Wildman–Crippen MR) is 90.1 cm³/mol. The van der Waals surface area contributed by atoms with Crippen molar-refractivity contribution in [2.75, 3.05) is 0 Å². The zero-order valence-corrected chi connectivity index (χ0v) is 16.2. The van der Waals surface area contributed by atoms with Gasteiger partial charge in [0.2, 0.25) is 0 Å². The molecule has 0 N–H and O–H groups in total. The Labute approximate surface area is 187 Å². The molecular formula is C19HBF15O-. The fourth-order valence-corrected chi connectivity index (χ4v) is 3.70. The van der Waals surface area contributed by atoms with Gasteiger partial charge in [-0.3, -0.25) is 0 Å². The Hall–Kier alpha value is -3.66. The second-order valence-electron chi connectivity index (χ2n) is 7.02. The van der Waals surface area contributed by atoms with Crippen molar-refractivity contribution >= 4 is 28.7 Å². The number of rotatable bonds is 4. The van der Waals surface area contributed by atoms with Crippen molar-refractivity contribution in [2.45, 2.75) is 0 Å². The molecule has 3 rings (SSSR count). The average molecular weight is 541 g/mol. The van der Waals surface area contributed by atoms with Gasteiger partial charge in [-0.15, -0.1) is 16.4 Å². The Morgan fingerprint density at radius 3 is 0.583 bits per heavy atom. The van der Waals surface area contributed by atoms with Crippen LogP contribution in [0.1, 0.15) is 0 Å². The molecule has 36 heavy (non-hydrogen) atoms. The average Bonchev–Trinajstić information content (AvgIpc) is 2.85. The van der Waals surface area contributed by atoms with Crippen molar-refractivity contribution in [3.8, 4) is 0 Å². The van der Waals surface area contributed by atoms with Gasteiger partial charge < -0.3 is 4.79 Å². The SMILES string of the molecule is O=C[B-](c1c(F)c(F)c(F)c(F)c1F)(c1c(F)c(F)c(F)c(F)c1F)c1c(F)c(F)c(F)c(F)c1F. The quantitative estimate of drug-likeness (QED) is 0.161. The Balaban J connectivity index is 2.85. The molecule has 0 heterocycles. The maximum absolute atomic E-state index is 14.7. The van der Waals surface area contributed by atoms with Crippen molar-refractivity contribution in [3.05, 3.63) is 87.3 Å². The molecule has 3 aromatic carbocycles. The van der Waals surface area contributed by atoms with Gasteiger partial charge in [-0.2, -0.15) is 0 Å². The summed E-state index contributed by atoms with van der Waals surface area (Å²) < 4.78 is 212. The molecule has 0 spiro atoms. The van der Waals surface area contributed by atoms with E-state index in [2.05, 4.69) is 0 Å². The molecule has 192 valence electrons. The monoisotopic (exact) mass is 541 g/mol. The molecule has 0 aliphatic heterocycles. The number of hydrogen-bond donors (Lipinski definition) is 0. The molecule has 0 unspecified atom stereocenters. The van der Waals surface area contributed by atoms with Crippen molar-refractivity contribution in [1.82, 2.24) is 0 Å². The van der Waals surface area contributed by atoms with Crippen LogP contribution in [0, 0.1) is 87.3 Å². The van der Waals surface area contributed by atoms with Gasteiger partial charge in [0.25, 0.3) is 0 Å². The van der Waals surface area contributed by atoms with Crippen molar-refractivity contribution in [3.63, 3.8) is 0 Å². The van der Waals surface area contributed by atoms with Crippen LogP contribution in [0.25, 0.3) is 0 Å². The molecule has 0 aliphatic rings. The first kappa shape index (κ1) is 26.9. The van der Waals surface area contributed by atoms with E-state index in [0.717, 1.165) is 0 Å². The first-order valence-corrected chi connectivity index (χ1v) is 8.77. The van der Waals surface area contributed by atoms with E-state index < -0.39 is 116 Å². The lowest BCUT2D eigenvalue weighted by Crippen LogP contribution is -2.74. The lowest BCUT2D eigenvalue weighted by Gasteiger charge is -2.38. The highest BCUT2D eigenvalue weighted by molar-refractivity contribution is 7.27. The van der Waals surface area contributed by atoms with Gasteiger partial charge in [-0.05, 0) is 6.19 Å². The summed E-state index contributed by atoms with van der Waals surface area (Å²) in [4.78, 5) is 12.1. The summed E-state index contributed by atoms with van der Waals surface area (Å²) in [5.74, 6) is -47.6. The largest absolute Gasteiger partial charge is 0.349 e. The van der Waals surface area contributed by atoms with Crippen LogP contribution in [0.2, 0.25) is 0 Å². The fourth-order valence-electron chi connectivity index (χ4n) is 3.70. The summed E-state index contributed by atoms with van der Waals surface area (Å²) in [6.45, 7) is 0. The van der Waals surface area contributed by atoms with Crippen LogP contribution in [0.4, 0.5) is 65.9 Å². The van der Waals surface area contributed by atoms with Crippen LogP contribution >= 0.6 is 0 Å². The van der Waals surface area contributed by atoms with Crippen LogP contribution in [0.5, 0.6) is 0 Å². The standard InChI is InChI=1S/C19HBF15O/c21-5-2(6(22)12(28)17(33)11(5)27)20(1-36,3-7(23)13(29)18(34)14(30)8(3)24)4-9(25)15(31)19(35)16(32)10(4)26/h1H/q-1. The van der Waals surface area contributed by atoms with E-state index in [1.165, 1.54) is 0 Å². The highest BCUT2D eigenvalue weighted by Gasteiger charge is 2.48. The Kier molecular flexibility index (Phi) is 6.57. The lowest BCUT2D eigenvalue weighted by atomic mass is 9.16. The van der Waals surface area contributed by atoms with Gasteiger partial charge >= 0.3 is 0 Å². The number of hydrogen-bond acceptors (Lipinski definition) is 1. The topological polar surface area (TPSA) is 17.1 Å². The van der Waals surface area contributed by atoms with E-state index in [0.29, 0.717) is 0 Å². The second-order valence-corrected chi connectivity index (χ2v) is 7.02. The lowest BCUT2D eigenvalue weighted by molar-refractivity contribution is 0.380. The zero-order chi connectivity index (χ0) is 27.6. The minimum atomic E-state index is -6.08. The van der Waals surface area contributed by atoms with Gasteiger partial charge in [-0.25, -0.2) is 65.9 Å². The first-order valence-electron chi connectivity index (χ1n) is 8.77. The zero-order valence-electron chi connectivity index (χ0n) is 16.2. The van der Waals surface area contributed by atoms with Crippen LogP contribution < -0.4 is 16.4 Å². The minimum absolute atomic E-state index is 1.46. The van der Waals surface area contributed by atoms with E-state index in [1.54, 1.807) is 0 Å². The van der Waals surface area contributed by atoms with E-state index in [1.807, 2.05) is 0 Å². The first-order chi connectivity index (χ1) is 16.6. The normalized spacial score (nSPS) is 11.9. The molecule has 0 radical (unpaired) electrons. The van der Waals surface area contributed by atoms with Crippen LogP contribution in [0.3, 0.4) is 0 Å². The summed E-state index contributed by atoms with van der Waals surface area (Å²) in [6, 6.07) is 0. The number of carbonyl (C=O) groups is 1. The van der Waals surface area contributed by atoms with Gasteiger partial charge in [0.15, 0.2) is 58.5 Å². The van der Waals surface area contributed by atoms with Crippen LogP contribution in [-0.2, 0) is 4.79 Å². The highest BCUT2D eigenvalue weighted by atomic mass is 19.2. The molecule has 0 bridgehead atoms. The Bertz CT molecular complexity index is 1210. The van der Waals surface area contributed by atoms with Gasteiger partial charge in [0, 0.05) is 0 Å². The van der Waals surface area contributed by atoms with Crippen molar-refractivity contribution in [2.24, 2.45) is 0 Å². The molecule has 1 nitrogen and oxygen atoms in total. The van der Waals surface area contributed by atoms with Gasteiger partial charge in [0.1, 0.15) is 34.9 Å². The van der Waals surface area contributed by atoms with E-state index >= 15 is 0 Å². The number of halogens is 15. The summed E-state index contributed by atoms with van der Waals surface area (Å²) in [5, 5.41) is 0. The smallest absolute Gasteiger partial charge is 0.200 e. The molecule has 0 fully saturated rings. The van der Waals surface area contributed by atoms with Gasteiger partial charge in [0.05, 0.1) is 0 Å². The summed E-state index contributed by atoms with van der Waals surface area (Å²) in [6.07, 6.45) is -7.54. The third kappa shape index (κ3) is 3.27. The number of carbonyl (C=O) groups excluding carboxylic acids is 1. The van der Waals surface area contributed by atoms with E-state index in [9.17, 15) is 70.7 Å². The fraction of sp³-hybridized carbons (Fsp3) is 0. The van der Waals surface area contributed by atoms with Crippen molar-refractivity contribution < 1.29 is 70.7 Å². The Morgan fingerprint density at radius 1 is 0.306 bits per heavy atom. The minimum Gasteiger partial charge on any atom is -0.349 e. The summed E-state index contributed by atoms with van der Waals surface area (Å²) in [7, 11) is 0. The highest BCUT2D eigenvalue weighted by Crippen LogP contribution is 2.27. The molecule has 17 heteroatoms. The molecule has 0 saturated heterocycles. The van der Waals surface area contributed by atoms with Gasteiger partial charge in [-0.1, -0.05) is 0 Å². The summed E-state index contributed by atoms with van der Waals surface area (Å²) in [5.41, 5.74) is -8.89. The molecule has 0 atom stereocenters. The van der Waals surface area contributed by atoms with Crippen LogP contribution in [0.15, 0.2) is 0 Å². The predicted octanol–water partition coefficient (Wildman–Crippen LogP) is 4.02. The maximum atomic E-state index is 14.7. The number of benzene rings is 3. The molecular weight excluding hydrogens is 540 g/mol. The van der Waals surface area contributed by atoms with Crippen molar-refractivity contribution in [1.29, 1.82) is 0 Å². The van der Waals surface area contributed by atoms with Crippen LogP contribution in [-0.4, -0.2) is 12.3 Å². The molecule has 3 aromatic rings. The van der Waals surface area contributed by atoms with E-state index in [-0.39, 0.29) is 0 Å². The third-order valence-electron chi connectivity index (χ3n) is 5.30. The Morgan fingerprint density at radius 2 is 0.444 bits per heavy atom. The maximum Gasteiger partial charge on any atom is 0.200 e. The molecule has 0 amide bonds. The molecule has 0 aliphatic carbocycles.